The average molecular weight is 187 g/mol. The molecule has 54 valence electrons. The summed E-state index contributed by atoms with van der Waals surface area (Å²) in [5.41, 5.74) is 0. The zero-order chi connectivity index (χ0) is 7.28. The van der Waals surface area contributed by atoms with E-state index < -0.39 is 0 Å². The third-order valence-electron chi connectivity index (χ3n) is 0.566. The number of alkyl halides is 1. The fourth-order valence-electron chi connectivity index (χ4n) is 0.196. The summed E-state index contributed by atoms with van der Waals surface area (Å²) in [6.45, 7) is 0. The SMILES string of the molecule is COC(=O)CSC(S)Cl. The van der Waals surface area contributed by atoms with Crippen LogP contribution in [0.25, 0.3) is 0 Å². The minimum Gasteiger partial charge on any atom is -0.468 e. The highest BCUT2D eigenvalue weighted by Gasteiger charge is 2.03. The van der Waals surface area contributed by atoms with Crippen molar-refractivity contribution in [2.75, 3.05) is 12.9 Å². The van der Waals surface area contributed by atoms with Crippen LogP contribution in [0.15, 0.2) is 0 Å². The van der Waals surface area contributed by atoms with Gasteiger partial charge in [0, 0.05) is 0 Å². The monoisotopic (exact) mass is 186 g/mol. The topological polar surface area (TPSA) is 26.3 Å². The van der Waals surface area contributed by atoms with Crippen molar-refractivity contribution in [3.05, 3.63) is 0 Å². The van der Waals surface area contributed by atoms with Gasteiger partial charge in [0.2, 0.25) is 0 Å². The van der Waals surface area contributed by atoms with Gasteiger partial charge in [0.15, 0.2) is 0 Å². The third-order valence-corrected chi connectivity index (χ3v) is 2.07. The van der Waals surface area contributed by atoms with Crippen LogP contribution in [-0.2, 0) is 9.53 Å². The number of thioether (sulfide) groups is 1. The summed E-state index contributed by atoms with van der Waals surface area (Å²) in [6, 6.07) is 0. The molecule has 0 aliphatic rings. The summed E-state index contributed by atoms with van der Waals surface area (Å²) < 4.78 is 4.02. The van der Waals surface area contributed by atoms with Gasteiger partial charge in [-0.1, -0.05) is 11.6 Å². The molecule has 0 heterocycles. The molecule has 0 aromatic rings. The van der Waals surface area contributed by atoms with Gasteiger partial charge in [0.05, 0.1) is 12.9 Å². The minimum atomic E-state index is -0.330. The summed E-state index contributed by atoms with van der Waals surface area (Å²) in [7, 11) is 1.34. The predicted molar refractivity (Wildman–Crippen MR) is 43.1 cm³/mol. The van der Waals surface area contributed by atoms with E-state index in [4.69, 9.17) is 11.6 Å². The van der Waals surface area contributed by atoms with Crippen LogP contribution in [-0.4, -0.2) is 22.9 Å². The number of carbonyl (C=O) groups is 1. The van der Waals surface area contributed by atoms with E-state index in [0.717, 1.165) is 0 Å². The number of hydrogen-bond acceptors (Lipinski definition) is 4. The highest BCUT2D eigenvalue weighted by molar-refractivity contribution is 8.12. The second kappa shape index (κ2) is 5.26. The molecule has 0 aromatic heterocycles. The first-order valence-electron chi connectivity index (χ1n) is 2.17. The molecule has 0 saturated carbocycles. The molecule has 0 radical (unpaired) electrons. The van der Waals surface area contributed by atoms with E-state index in [-0.39, 0.29) is 15.8 Å². The zero-order valence-corrected chi connectivity index (χ0v) is 7.30. The van der Waals surface area contributed by atoms with Crippen molar-refractivity contribution in [3.8, 4) is 0 Å². The molecule has 0 amide bonds. The molecule has 5 heteroatoms. The molecule has 1 unspecified atom stereocenters. The van der Waals surface area contributed by atoms with Gasteiger partial charge in [-0.05, 0) is 0 Å². The van der Waals surface area contributed by atoms with Crippen molar-refractivity contribution in [1.29, 1.82) is 0 Å². The average Bonchev–Trinajstić information content (AvgIpc) is 1.83. The highest BCUT2D eigenvalue weighted by Crippen LogP contribution is 2.17. The van der Waals surface area contributed by atoms with Gasteiger partial charge in [0.1, 0.15) is 4.04 Å². The number of halogens is 1. The molecule has 0 aliphatic carbocycles. The van der Waals surface area contributed by atoms with Crippen molar-refractivity contribution < 1.29 is 9.53 Å². The summed E-state index contributed by atoms with van der Waals surface area (Å²) >= 11 is 10.4. The number of methoxy groups -OCH3 is 1. The van der Waals surface area contributed by atoms with Crippen LogP contribution in [0.3, 0.4) is 0 Å². The molecule has 0 aliphatic heterocycles. The lowest BCUT2D eigenvalue weighted by molar-refractivity contribution is -0.137. The lowest BCUT2D eigenvalue weighted by atomic mass is 10.8. The zero-order valence-electron chi connectivity index (χ0n) is 4.83. The van der Waals surface area contributed by atoms with Crippen LogP contribution in [0, 0.1) is 0 Å². The van der Waals surface area contributed by atoms with Crippen LogP contribution >= 0.6 is 36.0 Å². The van der Waals surface area contributed by atoms with E-state index in [1.165, 1.54) is 18.9 Å². The van der Waals surface area contributed by atoms with Gasteiger partial charge in [-0.2, -0.15) is 0 Å². The maximum atomic E-state index is 10.4. The Morgan fingerprint density at radius 2 is 2.56 bits per heavy atom. The Morgan fingerprint density at radius 1 is 2.00 bits per heavy atom. The summed E-state index contributed by atoms with van der Waals surface area (Å²) in [4.78, 5) is 10.4. The summed E-state index contributed by atoms with van der Waals surface area (Å²) in [5.74, 6) is -0.0200. The Kier molecular flexibility index (Phi) is 5.53. The molecule has 0 spiro atoms. The maximum absolute atomic E-state index is 10.4. The molecule has 1 atom stereocenters. The largest absolute Gasteiger partial charge is 0.468 e. The fourth-order valence-corrected chi connectivity index (χ4v) is 1.000. The second-order valence-corrected chi connectivity index (χ2v) is 4.14. The Labute approximate surface area is 68.7 Å². The molecule has 0 fully saturated rings. The number of carbonyl (C=O) groups excluding carboxylic acids is 1. The Balaban J connectivity index is 3.17. The second-order valence-electron chi connectivity index (χ2n) is 1.18. The van der Waals surface area contributed by atoms with Crippen molar-refractivity contribution >= 4 is 42.0 Å². The lowest BCUT2D eigenvalue weighted by Crippen LogP contribution is -2.04. The van der Waals surface area contributed by atoms with Crippen molar-refractivity contribution in [1.82, 2.24) is 0 Å². The van der Waals surface area contributed by atoms with Crippen molar-refractivity contribution in [3.63, 3.8) is 0 Å². The minimum absolute atomic E-state index is 0.258. The van der Waals surface area contributed by atoms with Crippen LogP contribution < -0.4 is 0 Å². The Morgan fingerprint density at radius 3 is 2.89 bits per heavy atom. The first-order chi connectivity index (χ1) is 4.16. The molecular formula is C4H7ClO2S2. The first-order valence-corrected chi connectivity index (χ1v) is 4.17. The number of thiol groups is 1. The van der Waals surface area contributed by atoms with E-state index in [9.17, 15) is 4.79 Å². The standard InChI is InChI=1S/C4H7ClO2S2/c1-7-3(6)2-9-4(5)8/h4,8H,2H2,1H3. The number of esters is 1. The quantitative estimate of drug-likeness (QED) is 0.312. The molecular weight excluding hydrogens is 180 g/mol. The third kappa shape index (κ3) is 6.34. The van der Waals surface area contributed by atoms with Gasteiger partial charge in [-0.15, -0.1) is 24.4 Å². The van der Waals surface area contributed by atoms with Crippen molar-refractivity contribution in [2.24, 2.45) is 0 Å². The molecule has 0 saturated heterocycles. The van der Waals surface area contributed by atoms with Crippen LogP contribution in [0.5, 0.6) is 0 Å². The summed E-state index contributed by atoms with van der Waals surface area (Å²) in [5, 5.41) is 0. The first kappa shape index (κ1) is 9.46. The Hall–Kier alpha value is 0.460. The molecule has 0 bridgehead atoms. The number of ether oxygens (including phenoxy) is 1. The number of hydrogen-bond donors (Lipinski definition) is 1. The smallest absolute Gasteiger partial charge is 0.315 e. The van der Waals surface area contributed by atoms with Gasteiger partial charge in [-0.25, -0.2) is 0 Å². The van der Waals surface area contributed by atoms with Crippen LogP contribution in [0.1, 0.15) is 0 Å². The lowest BCUT2D eigenvalue weighted by Gasteiger charge is -1.98. The van der Waals surface area contributed by atoms with Gasteiger partial charge in [-0.3, -0.25) is 4.79 Å². The van der Waals surface area contributed by atoms with Crippen LogP contribution in [0.4, 0.5) is 0 Å². The van der Waals surface area contributed by atoms with Crippen molar-refractivity contribution in [2.45, 2.75) is 4.04 Å². The van der Waals surface area contributed by atoms with E-state index in [1.54, 1.807) is 0 Å². The fraction of sp³-hybridized carbons (Fsp3) is 0.750. The molecule has 0 aromatic carbocycles. The number of rotatable bonds is 3. The van der Waals surface area contributed by atoms with E-state index in [2.05, 4.69) is 17.4 Å². The van der Waals surface area contributed by atoms with Gasteiger partial charge >= 0.3 is 5.97 Å². The summed E-state index contributed by atoms with van der Waals surface area (Å²) in [6.07, 6.45) is 0. The highest BCUT2D eigenvalue weighted by atomic mass is 35.5. The van der Waals surface area contributed by atoms with Gasteiger partial charge in [0.25, 0.3) is 0 Å². The van der Waals surface area contributed by atoms with Crippen LogP contribution in [0.2, 0.25) is 0 Å². The molecule has 2 nitrogen and oxygen atoms in total. The maximum Gasteiger partial charge on any atom is 0.315 e. The van der Waals surface area contributed by atoms with E-state index in [1.807, 2.05) is 0 Å². The van der Waals surface area contributed by atoms with Gasteiger partial charge < -0.3 is 4.74 Å². The van der Waals surface area contributed by atoms with E-state index in [0.29, 0.717) is 0 Å². The predicted octanol–water partition coefficient (Wildman–Crippen LogP) is 1.34. The molecule has 0 N–H and O–H groups in total. The molecule has 9 heavy (non-hydrogen) atoms. The normalized spacial score (nSPS) is 12.8. The van der Waals surface area contributed by atoms with E-state index >= 15 is 0 Å². The Bertz CT molecular complexity index is 96.6. The molecule has 0 rings (SSSR count).